The molecule has 0 aliphatic heterocycles. The molecule has 6 nitrogen and oxygen atoms in total. The van der Waals surface area contributed by atoms with E-state index in [0.717, 1.165) is 0 Å². The lowest BCUT2D eigenvalue weighted by molar-refractivity contribution is 0.517. The highest BCUT2D eigenvalue weighted by Gasteiger charge is 2.38. The maximum atomic E-state index is 14.8. The Morgan fingerprint density at radius 1 is 1.11 bits per heavy atom. The van der Waals surface area contributed by atoms with Crippen LogP contribution < -0.4 is 10.0 Å². The van der Waals surface area contributed by atoms with Gasteiger partial charge in [-0.2, -0.15) is 0 Å². The van der Waals surface area contributed by atoms with Gasteiger partial charge in [-0.25, -0.2) is 26.6 Å². The predicted octanol–water partition coefficient (Wildman–Crippen LogP) is 4.51. The van der Waals surface area contributed by atoms with Gasteiger partial charge in [-0.05, 0) is 37.5 Å². The summed E-state index contributed by atoms with van der Waals surface area (Å²) in [5, 5.41) is 1.83. The standard InChI is InChI=1S/C18H16F3N3O3S/c1-8-3-6-12(11(19)7-8)23-15-13(20)14(21)16-18(27-9(2)22-16)17(15)24-28(25,26)10-4-5-10/h3,6-7,10,23-24H,4-5H2,1-2H3. The smallest absolute Gasteiger partial charge is 0.235 e. The zero-order valence-corrected chi connectivity index (χ0v) is 15.8. The highest BCUT2D eigenvalue weighted by Crippen LogP contribution is 2.41. The Bertz CT molecular complexity index is 1200. The van der Waals surface area contributed by atoms with Gasteiger partial charge in [0.25, 0.3) is 0 Å². The van der Waals surface area contributed by atoms with Crippen LogP contribution in [0.4, 0.5) is 30.2 Å². The Hall–Kier alpha value is -2.75. The normalized spacial score (nSPS) is 14.5. The molecule has 148 valence electrons. The summed E-state index contributed by atoms with van der Waals surface area (Å²) in [6, 6.07) is 4.13. The topological polar surface area (TPSA) is 84.2 Å². The second-order valence-corrected chi connectivity index (χ2v) is 8.70. The van der Waals surface area contributed by atoms with Crippen molar-refractivity contribution in [3.8, 4) is 0 Å². The van der Waals surface area contributed by atoms with Crippen molar-refractivity contribution < 1.29 is 26.0 Å². The lowest BCUT2D eigenvalue weighted by atomic mass is 10.2. The first-order valence-corrected chi connectivity index (χ1v) is 10.0. The molecule has 0 spiro atoms. The fourth-order valence-corrected chi connectivity index (χ4v) is 4.26. The average molecular weight is 411 g/mol. The number of benzene rings is 2. The van der Waals surface area contributed by atoms with Crippen LogP contribution in [-0.2, 0) is 10.0 Å². The minimum Gasteiger partial charge on any atom is -0.439 e. The summed E-state index contributed by atoms with van der Waals surface area (Å²) in [6.07, 6.45) is 0.930. The minimum absolute atomic E-state index is 0.0267. The molecule has 0 atom stereocenters. The zero-order chi connectivity index (χ0) is 20.2. The van der Waals surface area contributed by atoms with Crippen molar-refractivity contribution in [2.45, 2.75) is 31.9 Å². The molecule has 0 radical (unpaired) electrons. The van der Waals surface area contributed by atoms with E-state index in [-0.39, 0.29) is 22.8 Å². The van der Waals surface area contributed by atoms with Gasteiger partial charge in [0.15, 0.2) is 28.6 Å². The van der Waals surface area contributed by atoms with Crippen molar-refractivity contribution in [3.63, 3.8) is 0 Å². The first-order chi connectivity index (χ1) is 13.2. The largest absolute Gasteiger partial charge is 0.439 e. The Morgan fingerprint density at radius 2 is 1.82 bits per heavy atom. The molecule has 4 rings (SSSR count). The number of rotatable bonds is 5. The average Bonchev–Trinajstić information content (AvgIpc) is 3.41. The molecule has 28 heavy (non-hydrogen) atoms. The van der Waals surface area contributed by atoms with Gasteiger partial charge >= 0.3 is 0 Å². The molecule has 0 bridgehead atoms. The molecule has 0 saturated heterocycles. The van der Waals surface area contributed by atoms with Gasteiger partial charge in [-0.3, -0.25) is 4.72 Å². The molecule has 10 heteroatoms. The SMILES string of the molecule is Cc1ccc(Nc2c(F)c(F)c3nc(C)oc3c2NS(=O)(=O)C2CC2)c(F)c1. The van der Waals surface area contributed by atoms with E-state index in [9.17, 15) is 21.6 Å². The number of nitrogens with one attached hydrogen (secondary N) is 2. The van der Waals surface area contributed by atoms with Crippen molar-refractivity contribution in [1.82, 2.24) is 4.98 Å². The highest BCUT2D eigenvalue weighted by molar-refractivity contribution is 7.93. The van der Waals surface area contributed by atoms with Crippen LogP contribution in [0.1, 0.15) is 24.3 Å². The monoisotopic (exact) mass is 411 g/mol. The van der Waals surface area contributed by atoms with Crippen LogP contribution in [0.25, 0.3) is 11.1 Å². The van der Waals surface area contributed by atoms with Gasteiger partial charge in [-0.15, -0.1) is 0 Å². The van der Waals surface area contributed by atoms with Crippen molar-refractivity contribution in [2.24, 2.45) is 0 Å². The predicted molar refractivity (Wildman–Crippen MR) is 98.6 cm³/mol. The summed E-state index contributed by atoms with van der Waals surface area (Å²) < 4.78 is 76.0. The highest BCUT2D eigenvalue weighted by atomic mass is 32.2. The van der Waals surface area contributed by atoms with E-state index in [1.165, 1.54) is 19.1 Å². The fourth-order valence-electron chi connectivity index (χ4n) is 2.86. The molecule has 1 saturated carbocycles. The van der Waals surface area contributed by atoms with Crippen molar-refractivity contribution in [2.75, 3.05) is 10.0 Å². The first kappa shape index (κ1) is 18.6. The molecule has 0 amide bonds. The maximum absolute atomic E-state index is 14.8. The van der Waals surface area contributed by atoms with Crippen LogP contribution >= 0.6 is 0 Å². The summed E-state index contributed by atoms with van der Waals surface area (Å²) in [4.78, 5) is 3.78. The number of aryl methyl sites for hydroxylation is 2. The van der Waals surface area contributed by atoms with Gasteiger partial charge in [0, 0.05) is 6.92 Å². The molecule has 2 N–H and O–H groups in total. The van der Waals surface area contributed by atoms with E-state index in [2.05, 4.69) is 15.0 Å². The molecule has 3 aromatic rings. The van der Waals surface area contributed by atoms with Crippen LogP contribution in [0, 0.1) is 31.3 Å². The lowest BCUT2D eigenvalue weighted by Crippen LogP contribution is -2.19. The van der Waals surface area contributed by atoms with Crippen LogP contribution in [0.5, 0.6) is 0 Å². The number of aromatic nitrogens is 1. The molecule has 1 aromatic heterocycles. The van der Waals surface area contributed by atoms with E-state index in [1.54, 1.807) is 13.0 Å². The summed E-state index contributed by atoms with van der Waals surface area (Å²) in [7, 11) is -3.84. The number of sulfonamides is 1. The van der Waals surface area contributed by atoms with E-state index < -0.39 is 43.9 Å². The number of hydrogen-bond donors (Lipinski definition) is 2. The Labute approximate surface area is 158 Å². The van der Waals surface area contributed by atoms with Gasteiger partial charge < -0.3 is 9.73 Å². The summed E-state index contributed by atoms with van der Waals surface area (Å²) in [5.41, 5.74) is -1.15. The van der Waals surface area contributed by atoms with Crippen LogP contribution in [-0.4, -0.2) is 18.7 Å². The van der Waals surface area contributed by atoms with Crippen molar-refractivity contribution >= 4 is 38.2 Å². The molecular weight excluding hydrogens is 395 g/mol. The second kappa shape index (κ2) is 6.40. The van der Waals surface area contributed by atoms with E-state index in [0.29, 0.717) is 18.4 Å². The molecule has 1 heterocycles. The van der Waals surface area contributed by atoms with E-state index >= 15 is 0 Å². The van der Waals surface area contributed by atoms with Crippen molar-refractivity contribution in [3.05, 3.63) is 47.1 Å². The Morgan fingerprint density at radius 3 is 2.46 bits per heavy atom. The number of nitrogens with zero attached hydrogens (tertiary/aromatic N) is 1. The summed E-state index contributed by atoms with van der Waals surface area (Å²) in [6.45, 7) is 3.09. The van der Waals surface area contributed by atoms with Crippen LogP contribution in [0.2, 0.25) is 0 Å². The fraction of sp³-hybridized carbons (Fsp3) is 0.278. The van der Waals surface area contributed by atoms with Gasteiger partial charge in [-0.1, -0.05) is 6.07 Å². The molecular formula is C18H16F3N3O3S. The van der Waals surface area contributed by atoms with Crippen molar-refractivity contribution in [1.29, 1.82) is 0 Å². The maximum Gasteiger partial charge on any atom is 0.235 e. The van der Waals surface area contributed by atoms with E-state index in [4.69, 9.17) is 4.42 Å². The molecule has 1 fully saturated rings. The number of halogens is 3. The number of anilines is 3. The Balaban J connectivity index is 1.92. The number of oxazole rings is 1. The quantitative estimate of drug-likeness (QED) is 0.645. The third-order valence-corrected chi connectivity index (χ3v) is 6.26. The Kier molecular flexibility index (Phi) is 4.25. The molecule has 1 aliphatic rings. The minimum atomic E-state index is -3.84. The first-order valence-electron chi connectivity index (χ1n) is 8.50. The molecule has 0 unspecified atom stereocenters. The van der Waals surface area contributed by atoms with Crippen LogP contribution in [0.3, 0.4) is 0 Å². The third-order valence-electron chi connectivity index (χ3n) is 4.42. The van der Waals surface area contributed by atoms with Crippen LogP contribution in [0.15, 0.2) is 22.6 Å². The zero-order valence-electron chi connectivity index (χ0n) is 14.9. The summed E-state index contributed by atoms with van der Waals surface area (Å²) in [5.74, 6) is -3.39. The number of fused-ring (bicyclic) bond motifs is 1. The second-order valence-electron chi connectivity index (χ2n) is 6.74. The van der Waals surface area contributed by atoms with Gasteiger partial charge in [0.2, 0.25) is 10.0 Å². The summed E-state index contributed by atoms with van der Waals surface area (Å²) >= 11 is 0. The number of hydrogen-bond acceptors (Lipinski definition) is 5. The van der Waals surface area contributed by atoms with Gasteiger partial charge in [0.1, 0.15) is 17.2 Å². The van der Waals surface area contributed by atoms with Gasteiger partial charge in [0.05, 0.1) is 10.9 Å². The van der Waals surface area contributed by atoms with E-state index in [1.807, 2.05) is 0 Å². The lowest BCUT2D eigenvalue weighted by Gasteiger charge is -2.16. The third kappa shape index (κ3) is 3.17. The molecule has 1 aliphatic carbocycles. The molecule has 2 aromatic carbocycles.